The Morgan fingerprint density at radius 1 is 0.774 bits per heavy atom. The number of rotatable bonds is 30. The monoisotopic (exact) mass is 1180 g/mol. The summed E-state index contributed by atoms with van der Waals surface area (Å²) in [5.41, 5.74) is 6.61. The van der Waals surface area contributed by atoms with E-state index in [1.807, 2.05) is 60.7 Å². The van der Waals surface area contributed by atoms with Gasteiger partial charge in [0.05, 0.1) is 41.7 Å². The molecule has 25 heteroatoms. The molecule has 6 aromatic rings. The first-order valence-electron chi connectivity index (χ1n) is 27.0. The van der Waals surface area contributed by atoms with Gasteiger partial charge in [-0.05, 0) is 110 Å². The molecule has 0 aliphatic carbocycles. The Bertz CT molecular complexity index is 3350. The lowest BCUT2D eigenvalue weighted by molar-refractivity contribution is -0.127. The van der Waals surface area contributed by atoms with Crippen LogP contribution in [-0.2, 0) is 14.9 Å². The maximum atomic E-state index is 13.5. The number of hydrazone groups is 1. The second-order valence-electron chi connectivity index (χ2n) is 20.5. The van der Waals surface area contributed by atoms with Gasteiger partial charge in [-0.15, -0.1) is 0 Å². The van der Waals surface area contributed by atoms with Gasteiger partial charge in [0.15, 0.2) is 11.5 Å². The number of carbonyl (C=O) groups is 4. The minimum absolute atomic E-state index is 0. The number of carbonyl (C=O) groups excluding carboxylic acids is 4. The summed E-state index contributed by atoms with van der Waals surface area (Å²) < 4.78 is 52.1. The Morgan fingerprint density at radius 3 is 2.30 bits per heavy atom. The van der Waals surface area contributed by atoms with E-state index in [1.165, 1.54) is 42.6 Å². The van der Waals surface area contributed by atoms with Crippen LogP contribution in [0.5, 0.6) is 17.4 Å². The minimum Gasteiger partial charge on any atom is -0.744 e. The van der Waals surface area contributed by atoms with Gasteiger partial charge in [-0.3, -0.25) is 19.8 Å². The van der Waals surface area contributed by atoms with Gasteiger partial charge in [-0.25, -0.2) is 23.2 Å². The zero-order valence-electron chi connectivity index (χ0n) is 47.1. The summed E-state index contributed by atoms with van der Waals surface area (Å²) in [6, 6.07) is 32.5. The molecule has 0 saturated carbocycles. The van der Waals surface area contributed by atoms with E-state index in [1.54, 1.807) is 18.2 Å². The van der Waals surface area contributed by atoms with Crippen LogP contribution < -0.4 is 46.2 Å². The number of aliphatic hydroxyl groups is 5. The molecular weight excluding hydrogens is 1110 g/mol. The van der Waals surface area contributed by atoms with E-state index in [-0.39, 0.29) is 55.5 Å². The third-order valence-corrected chi connectivity index (χ3v) is 14.3. The third-order valence-electron chi connectivity index (χ3n) is 13.4. The molecule has 446 valence electrons. The molecule has 1 unspecified atom stereocenters. The topological polar surface area (TPSA) is 365 Å². The van der Waals surface area contributed by atoms with E-state index < -0.39 is 82.4 Å². The lowest BCUT2D eigenvalue weighted by atomic mass is 9.87. The highest BCUT2D eigenvalue weighted by Gasteiger charge is 2.31. The molecule has 3 heterocycles. The fourth-order valence-electron chi connectivity index (χ4n) is 8.66. The van der Waals surface area contributed by atoms with Crippen molar-refractivity contribution >= 4 is 51.6 Å². The number of fused-ring (bicyclic) bond motifs is 1. The highest BCUT2D eigenvalue weighted by Crippen LogP contribution is 2.38. The van der Waals surface area contributed by atoms with Crippen molar-refractivity contribution in [2.45, 2.75) is 87.7 Å². The molecule has 4 aromatic carbocycles. The van der Waals surface area contributed by atoms with E-state index in [9.17, 15) is 52.6 Å². The number of nitrogens with one attached hydrogen (secondary N) is 6. The first-order valence-corrected chi connectivity index (χ1v) is 28.4. The maximum Gasteiger partial charge on any atom is 1.00 e. The van der Waals surface area contributed by atoms with Crippen molar-refractivity contribution in [3.05, 3.63) is 144 Å². The number of aromatic nitrogens is 2. The Balaban J connectivity index is 0.0000116. The lowest BCUT2D eigenvalue weighted by Gasteiger charge is -2.26. The molecule has 11 N–H and O–H groups in total. The van der Waals surface area contributed by atoms with Crippen molar-refractivity contribution < 1.29 is 73.3 Å². The van der Waals surface area contributed by atoms with Gasteiger partial charge in [-0.1, -0.05) is 74.5 Å². The first kappa shape index (κ1) is 63.0. The van der Waals surface area contributed by atoms with Gasteiger partial charge in [0.25, 0.3) is 11.8 Å². The number of anilines is 2. The molecule has 2 aromatic heterocycles. The van der Waals surface area contributed by atoms with Crippen molar-refractivity contribution in [1.29, 1.82) is 0 Å². The summed E-state index contributed by atoms with van der Waals surface area (Å²) in [6.07, 6.45) is -2.17. The molecular formula is C59H69N9O15S. The number of ether oxygens (including phenoxy) is 3. The van der Waals surface area contributed by atoms with Crippen LogP contribution in [0.4, 0.5) is 16.3 Å². The molecule has 1 aliphatic heterocycles. The van der Waals surface area contributed by atoms with Crippen molar-refractivity contribution in [2.24, 2.45) is 10.5 Å². The summed E-state index contributed by atoms with van der Waals surface area (Å²) >= 11 is 0. The molecule has 0 spiro atoms. The molecule has 5 amide bonds. The Morgan fingerprint density at radius 2 is 1.54 bits per heavy atom. The first-order chi connectivity index (χ1) is 40.3. The SMILES string of the molecule is CC(C)(CCCCOc1cc(-c2ccc3c(c2)OCO3)cc(-c2ccccc2)n1)CNC(=O)Nc1cccc(C(=O)NCCCCC(NC(=O)c2ccc(N/N=C/c3ccccc3S(=O)(=O)[O-])nc2)C(=O)NC[C@H](O)[C@@H](O)[C@H](O)[C@H](O)CO)c1.[H+]. The summed E-state index contributed by atoms with van der Waals surface area (Å²) in [4.78, 5) is 61.6. The summed E-state index contributed by atoms with van der Waals surface area (Å²) in [5.74, 6) is 0.0564. The van der Waals surface area contributed by atoms with Crippen LogP contribution in [0.3, 0.4) is 0 Å². The number of hydrogen-bond acceptors (Lipinski definition) is 19. The Kier molecular flexibility index (Phi) is 22.6. The van der Waals surface area contributed by atoms with Gasteiger partial charge in [0.1, 0.15) is 40.3 Å². The predicted octanol–water partition coefficient (Wildman–Crippen LogP) is 4.65. The number of hydrogen-bond donors (Lipinski definition) is 11. The van der Waals surface area contributed by atoms with Crippen LogP contribution in [-0.4, -0.2) is 149 Å². The average Bonchev–Trinajstić information content (AvgIpc) is 4.24. The third kappa shape index (κ3) is 18.7. The summed E-state index contributed by atoms with van der Waals surface area (Å²) in [6.45, 7) is 3.74. The standard InChI is InChI=1S/C59H69N9O15S/c1-59(2,24-9-11-26-81-52-30-42(28-45(66-52)37-13-4-3-5-14-37)38-20-22-48-49(29-38)83-36-82-48)35-63-58(77)65-43-17-12-16-39(27-43)55(74)60-25-10-8-18-44(57(76)62-33-46(70)53(72)54(73)47(71)34-69)67-56(75)41-21-23-51(61-31-41)68-64-32-40-15-6-7-19-50(40)84(78,79)80/h3-7,12-17,19-23,27-32,44,46-47,53-54,69-73H,8-11,18,24-26,33-36H2,1-2H3,(H,60,74)(H,61,68)(H,62,76)(H,67,75)(H2,63,65,77)(H,78,79,80)/b64-32+/t44?,46-,47+,53+,54+/m0/s1. The zero-order valence-corrected chi connectivity index (χ0v) is 47.0. The van der Waals surface area contributed by atoms with Gasteiger partial charge in [0, 0.05) is 54.3 Å². The second-order valence-corrected chi connectivity index (χ2v) is 21.8. The van der Waals surface area contributed by atoms with E-state index in [0.29, 0.717) is 42.6 Å². The van der Waals surface area contributed by atoms with Crippen LogP contribution in [0.25, 0.3) is 22.4 Å². The Hall–Kier alpha value is -8.56. The molecule has 0 fully saturated rings. The number of unbranched alkanes of at least 4 members (excludes halogenated alkanes) is 2. The number of pyridine rings is 2. The lowest BCUT2D eigenvalue weighted by Crippen LogP contribution is -2.52. The fraction of sp³-hybridized carbons (Fsp3) is 0.339. The largest absolute Gasteiger partial charge is 1.00 e. The number of aliphatic hydroxyl groups excluding tert-OH is 5. The Labute approximate surface area is 487 Å². The van der Waals surface area contributed by atoms with Crippen molar-refractivity contribution in [3.63, 3.8) is 0 Å². The molecule has 0 saturated heterocycles. The van der Waals surface area contributed by atoms with E-state index in [4.69, 9.17) is 24.3 Å². The van der Waals surface area contributed by atoms with Crippen molar-refractivity contribution in [2.75, 3.05) is 50.4 Å². The van der Waals surface area contributed by atoms with Gasteiger partial charge in [0.2, 0.25) is 18.6 Å². The van der Waals surface area contributed by atoms with Gasteiger partial charge in [-0.2, -0.15) is 5.10 Å². The van der Waals surface area contributed by atoms with E-state index in [2.05, 4.69) is 55.9 Å². The quantitative estimate of drug-likeness (QED) is 0.0126. The smallest absolute Gasteiger partial charge is 0.744 e. The van der Waals surface area contributed by atoms with Crippen LogP contribution in [0.15, 0.2) is 138 Å². The van der Waals surface area contributed by atoms with E-state index in [0.717, 1.165) is 53.9 Å². The summed E-state index contributed by atoms with van der Waals surface area (Å²) in [5, 5.41) is 67.0. The minimum atomic E-state index is -4.77. The summed E-state index contributed by atoms with van der Waals surface area (Å²) in [7, 11) is -4.77. The number of amides is 5. The van der Waals surface area contributed by atoms with Crippen LogP contribution in [0.2, 0.25) is 0 Å². The van der Waals surface area contributed by atoms with Gasteiger partial charge < -0.3 is 70.9 Å². The van der Waals surface area contributed by atoms with Crippen LogP contribution >= 0.6 is 0 Å². The molecule has 5 atom stereocenters. The van der Waals surface area contributed by atoms with Crippen LogP contribution in [0, 0.1) is 5.41 Å². The highest BCUT2D eigenvalue weighted by atomic mass is 32.2. The molecule has 0 radical (unpaired) electrons. The zero-order chi connectivity index (χ0) is 60.2. The second kappa shape index (κ2) is 30.1. The molecule has 0 bridgehead atoms. The highest BCUT2D eigenvalue weighted by molar-refractivity contribution is 7.85. The van der Waals surface area contributed by atoms with Gasteiger partial charge >= 0.3 is 7.46 Å². The predicted molar refractivity (Wildman–Crippen MR) is 310 cm³/mol. The maximum absolute atomic E-state index is 13.5. The number of benzene rings is 4. The van der Waals surface area contributed by atoms with Crippen molar-refractivity contribution in [3.8, 4) is 39.8 Å². The molecule has 7 rings (SSSR count). The normalized spacial score (nSPS) is 13.9. The number of urea groups is 1. The van der Waals surface area contributed by atoms with Crippen LogP contribution in [0.1, 0.15) is 80.1 Å². The average molecular weight is 1180 g/mol. The molecule has 1 aliphatic rings. The fourth-order valence-corrected chi connectivity index (χ4v) is 9.31. The molecule has 84 heavy (non-hydrogen) atoms. The molecule has 24 nitrogen and oxygen atoms in total. The van der Waals surface area contributed by atoms with E-state index >= 15 is 0 Å². The number of nitrogens with zero attached hydrogens (tertiary/aromatic N) is 3. The van der Waals surface area contributed by atoms with Crippen molar-refractivity contribution in [1.82, 2.24) is 31.2 Å².